The number of benzene rings is 2. The van der Waals surface area contributed by atoms with Crippen LogP contribution in [0.1, 0.15) is 45.8 Å². The predicted octanol–water partition coefficient (Wildman–Crippen LogP) is 2.87. The van der Waals surface area contributed by atoms with E-state index >= 15 is 0 Å². The van der Waals surface area contributed by atoms with Gasteiger partial charge in [-0.3, -0.25) is 9.59 Å². The number of aryl methyl sites for hydroxylation is 1. The number of amides is 1. The van der Waals surface area contributed by atoms with Crippen molar-refractivity contribution in [2.24, 2.45) is 0 Å². The molecule has 0 aliphatic carbocycles. The van der Waals surface area contributed by atoms with Gasteiger partial charge in [0.05, 0.1) is 0 Å². The van der Waals surface area contributed by atoms with Crippen molar-refractivity contribution in [2.45, 2.75) is 26.3 Å². The molecule has 3 N–H and O–H groups in total. The van der Waals surface area contributed by atoms with Gasteiger partial charge in [-0.2, -0.15) is 0 Å². The predicted molar refractivity (Wildman–Crippen MR) is 103 cm³/mol. The fourth-order valence-corrected chi connectivity index (χ4v) is 2.72. The van der Waals surface area contributed by atoms with Gasteiger partial charge in [0.1, 0.15) is 5.82 Å². The molecule has 6 heteroatoms. The van der Waals surface area contributed by atoms with Gasteiger partial charge in [-0.15, -0.1) is 0 Å². The smallest absolute Gasteiger partial charge is 0.293 e. The van der Waals surface area contributed by atoms with Gasteiger partial charge in [0.2, 0.25) is 5.75 Å². The Morgan fingerprint density at radius 3 is 2.48 bits per heavy atom. The summed E-state index contributed by atoms with van der Waals surface area (Å²) in [5.74, 6) is -1.19. The number of hydrogen-bond donors (Lipinski definition) is 3. The van der Waals surface area contributed by atoms with E-state index in [1.807, 2.05) is 68.4 Å². The number of aromatic hydroxyl groups is 1. The monoisotopic (exact) mass is 363 g/mol. The third kappa shape index (κ3) is 4.23. The van der Waals surface area contributed by atoms with Crippen LogP contribution in [0.15, 0.2) is 59.4 Å². The van der Waals surface area contributed by atoms with E-state index in [-0.39, 0.29) is 18.2 Å². The highest BCUT2D eigenvalue weighted by Gasteiger charge is 2.20. The van der Waals surface area contributed by atoms with Crippen molar-refractivity contribution in [2.75, 3.05) is 0 Å². The van der Waals surface area contributed by atoms with E-state index in [0.29, 0.717) is 5.82 Å². The molecule has 27 heavy (non-hydrogen) atoms. The van der Waals surface area contributed by atoms with Gasteiger partial charge in [-0.05, 0) is 18.1 Å². The molecule has 1 aromatic heterocycles. The van der Waals surface area contributed by atoms with Gasteiger partial charge in [0.15, 0.2) is 5.69 Å². The summed E-state index contributed by atoms with van der Waals surface area (Å²) in [5, 5.41) is 12.7. The van der Waals surface area contributed by atoms with E-state index in [1.54, 1.807) is 0 Å². The van der Waals surface area contributed by atoms with Crippen molar-refractivity contribution in [3.8, 4) is 5.75 Å². The summed E-state index contributed by atoms with van der Waals surface area (Å²) in [6, 6.07) is 17.2. The number of hydrogen-bond acceptors (Lipinski definition) is 4. The molecular weight excluding hydrogens is 342 g/mol. The molecule has 0 bridgehead atoms. The topological polar surface area (TPSA) is 95.1 Å². The normalized spacial score (nSPS) is 11.8. The van der Waals surface area contributed by atoms with Gasteiger partial charge in [-0.1, -0.05) is 67.1 Å². The van der Waals surface area contributed by atoms with E-state index in [2.05, 4.69) is 15.3 Å². The average molecular weight is 363 g/mol. The Hall–Kier alpha value is -3.41. The zero-order valence-electron chi connectivity index (χ0n) is 15.2. The second-order valence-corrected chi connectivity index (χ2v) is 6.45. The molecule has 0 saturated carbocycles. The Balaban J connectivity index is 1.84. The Kier molecular flexibility index (Phi) is 5.35. The van der Waals surface area contributed by atoms with Crippen molar-refractivity contribution in [3.63, 3.8) is 0 Å². The number of aromatic nitrogens is 2. The van der Waals surface area contributed by atoms with Crippen LogP contribution in [0.5, 0.6) is 5.75 Å². The second-order valence-electron chi connectivity index (χ2n) is 6.45. The van der Waals surface area contributed by atoms with Gasteiger partial charge < -0.3 is 15.4 Å². The molecule has 0 spiro atoms. The molecule has 3 rings (SSSR count). The number of nitrogens with one attached hydrogen (secondary N) is 2. The van der Waals surface area contributed by atoms with Crippen molar-refractivity contribution in [1.82, 2.24) is 15.3 Å². The molecule has 2 aromatic carbocycles. The molecule has 0 radical (unpaired) electrons. The minimum absolute atomic E-state index is 0.233. The van der Waals surface area contributed by atoms with Crippen LogP contribution in [-0.2, 0) is 6.54 Å². The second kappa shape index (κ2) is 7.86. The third-order valence-electron chi connectivity index (χ3n) is 4.41. The van der Waals surface area contributed by atoms with E-state index in [4.69, 9.17) is 0 Å². The maximum Gasteiger partial charge on any atom is 0.293 e. The molecule has 3 aromatic rings. The summed E-state index contributed by atoms with van der Waals surface area (Å²) in [4.78, 5) is 31.3. The maximum atomic E-state index is 12.5. The van der Waals surface area contributed by atoms with Gasteiger partial charge in [0.25, 0.3) is 11.5 Å². The van der Waals surface area contributed by atoms with Crippen molar-refractivity contribution >= 4 is 5.91 Å². The van der Waals surface area contributed by atoms with Gasteiger partial charge in [0, 0.05) is 12.5 Å². The lowest BCUT2D eigenvalue weighted by atomic mass is 10.0. The molecule has 0 saturated heterocycles. The zero-order valence-corrected chi connectivity index (χ0v) is 15.2. The van der Waals surface area contributed by atoms with Crippen molar-refractivity contribution in [1.29, 1.82) is 0 Å². The summed E-state index contributed by atoms with van der Waals surface area (Å²) in [7, 11) is 0. The first-order valence-electron chi connectivity index (χ1n) is 8.67. The van der Waals surface area contributed by atoms with Crippen LogP contribution in [0.25, 0.3) is 0 Å². The van der Waals surface area contributed by atoms with Crippen molar-refractivity contribution < 1.29 is 9.90 Å². The molecule has 1 atom stereocenters. The number of nitrogens with zero attached hydrogens (tertiary/aromatic N) is 1. The minimum atomic E-state index is -0.733. The first kappa shape index (κ1) is 18.4. The molecule has 138 valence electrons. The van der Waals surface area contributed by atoms with Gasteiger partial charge in [-0.25, -0.2) is 4.98 Å². The van der Waals surface area contributed by atoms with E-state index in [9.17, 15) is 14.7 Å². The van der Waals surface area contributed by atoms with Crippen LogP contribution < -0.4 is 10.9 Å². The summed E-state index contributed by atoms with van der Waals surface area (Å²) >= 11 is 0. The first-order chi connectivity index (χ1) is 13.0. The molecule has 1 amide bonds. The largest absolute Gasteiger partial charge is 0.501 e. The quantitative estimate of drug-likeness (QED) is 0.649. The summed E-state index contributed by atoms with van der Waals surface area (Å²) < 4.78 is 0. The fourth-order valence-electron chi connectivity index (χ4n) is 2.72. The Bertz CT molecular complexity index is 995. The summed E-state index contributed by atoms with van der Waals surface area (Å²) in [5.41, 5.74) is 1.97. The van der Waals surface area contributed by atoms with E-state index in [1.165, 1.54) is 0 Å². The molecule has 1 unspecified atom stereocenters. The van der Waals surface area contributed by atoms with Gasteiger partial charge >= 0.3 is 0 Å². The molecule has 0 aliphatic rings. The Morgan fingerprint density at radius 1 is 1.15 bits per heavy atom. The van der Waals surface area contributed by atoms with Crippen LogP contribution in [0.2, 0.25) is 0 Å². The average Bonchev–Trinajstić information content (AvgIpc) is 2.69. The van der Waals surface area contributed by atoms with Crippen LogP contribution >= 0.6 is 0 Å². The minimum Gasteiger partial charge on any atom is -0.501 e. The first-order valence-corrected chi connectivity index (χ1v) is 8.67. The van der Waals surface area contributed by atoms with E-state index in [0.717, 1.165) is 16.7 Å². The Morgan fingerprint density at radius 2 is 1.81 bits per heavy atom. The highest BCUT2D eigenvalue weighted by atomic mass is 16.3. The van der Waals surface area contributed by atoms with Crippen LogP contribution in [0, 0.1) is 6.92 Å². The number of carbonyl (C=O) groups is 1. The highest BCUT2D eigenvalue weighted by Crippen LogP contribution is 2.21. The molecule has 1 heterocycles. The maximum absolute atomic E-state index is 12.5. The number of H-pyrrole nitrogens is 1. The fraction of sp³-hybridized carbons (Fsp3) is 0.190. The highest BCUT2D eigenvalue weighted by molar-refractivity contribution is 5.94. The lowest BCUT2D eigenvalue weighted by molar-refractivity contribution is 0.0942. The van der Waals surface area contributed by atoms with Crippen LogP contribution in [0.4, 0.5) is 0 Å². The van der Waals surface area contributed by atoms with E-state index < -0.39 is 17.2 Å². The molecule has 0 aliphatic heterocycles. The van der Waals surface area contributed by atoms with Crippen LogP contribution in [-0.4, -0.2) is 21.0 Å². The molecular formula is C21H21N3O3. The lowest BCUT2D eigenvalue weighted by Gasteiger charge is -2.13. The van der Waals surface area contributed by atoms with Crippen molar-refractivity contribution in [3.05, 3.63) is 93.2 Å². The lowest BCUT2D eigenvalue weighted by Crippen LogP contribution is -2.27. The van der Waals surface area contributed by atoms with Crippen LogP contribution in [0.3, 0.4) is 0 Å². The summed E-state index contributed by atoms with van der Waals surface area (Å²) in [6.07, 6.45) is 0. The molecule has 0 fully saturated rings. The number of carbonyl (C=O) groups excluding carboxylic acids is 1. The summed E-state index contributed by atoms with van der Waals surface area (Å²) in [6.45, 7) is 4.13. The number of rotatable bonds is 5. The SMILES string of the molecule is Cc1ccc(CNC(=O)c2nc(C(C)c3ccccc3)[nH]c(=O)c2O)cc1. The zero-order chi connectivity index (χ0) is 19.4. The Labute approximate surface area is 156 Å². The standard InChI is InChI=1S/C21H21N3O3/c1-13-8-10-15(11-9-13)12-22-20(26)17-18(25)21(27)24-19(23-17)14(2)16-6-4-3-5-7-16/h3-11,14,25H,12H2,1-2H3,(H,22,26)(H,23,24,27). The molecule has 6 nitrogen and oxygen atoms in total. The number of aromatic amines is 1. The third-order valence-corrected chi connectivity index (χ3v) is 4.41.